The van der Waals surface area contributed by atoms with Gasteiger partial charge in [-0.2, -0.15) is 0 Å². The number of nitrogens with one attached hydrogen (secondary N) is 1. The molecule has 1 aromatic carbocycles. The second kappa shape index (κ2) is 4.43. The molecule has 0 spiro atoms. The maximum Gasteiger partial charge on any atom is 0.321 e. The molecule has 0 radical (unpaired) electrons. The first-order valence-corrected chi connectivity index (χ1v) is 5.59. The third-order valence-corrected chi connectivity index (χ3v) is 2.90. The molecule has 0 unspecified atom stereocenters. The van der Waals surface area contributed by atoms with Crippen molar-refractivity contribution < 1.29 is 4.79 Å². The Hall–Kier alpha value is -1.71. The number of aryl methyl sites for hydroxylation is 1. The molecule has 2 amide bonds. The Morgan fingerprint density at radius 2 is 2.06 bits per heavy atom. The van der Waals surface area contributed by atoms with Crippen molar-refractivity contribution in [3.63, 3.8) is 0 Å². The molecular formula is C12H17N3O. The van der Waals surface area contributed by atoms with Gasteiger partial charge in [0.25, 0.3) is 0 Å². The summed E-state index contributed by atoms with van der Waals surface area (Å²) >= 11 is 0. The molecule has 0 saturated carbocycles. The number of urea groups is 1. The fraction of sp³-hybridized carbons (Fsp3) is 0.417. The Morgan fingerprint density at radius 1 is 1.38 bits per heavy atom. The summed E-state index contributed by atoms with van der Waals surface area (Å²) < 4.78 is 0. The standard InChI is InChI=1S/C12H17N3O/c1-9-4-5-10(13)8-11(9)14-12(16)15-6-2-3-7-15/h4-5,8H,2-3,6-7,13H2,1H3,(H,14,16). The average Bonchev–Trinajstić information content (AvgIpc) is 2.76. The molecule has 4 nitrogen and oxygen atoms in total. The molecule has 4 heteroatoms. The minimum Gasteiger partial charge on any atom is -0.399 e. The van der Waals surface area contributed by atoms with Crippen molar-refractivity contribution in [1.29, 1.82) is 0 Å². The fourth-order valence-corrected chi connectivity index (χ4v) is 1.89. The first-order valence-electron chi connectivity index (χ1n) is 5.59. The van der Waals surface area contributed by atoms with Crippen molar-refractivity contribution >= 4 is 17.4 Å². The highest BCUT2D eigenvalue weighted by Crippen LogP contribution is 2.19. The van der Waals surface area contributed by atoms with Gasteiger partial charge >= 0.3 is 6.03 Å². The quantitative estimate of drug-likeness (QED) is 0.711. The Morgan fingerprint density at radius 3 is 2.75 bits per heavy atom. The van der Waals surface area contributed by atoms with Crippen LogP contribution in [-0.2, 0) is 0 Å². The molecule has 1 saturated heterocycles. The molecule has 16 heavy (non-hydrogen) atoms. The van der Waals surface area contributed by atoms with Crippen molar-refractivity contribution in [2.24, 2.45) is 0 Å². The van der Waals surface area contributed by atoms with Crippen molar-refractivity contribution in [1.82, 2.24) is 4.90 Å². The Kier molecular flexibility index (Phi) is 2.99. The van der Waals surface area contributed by atoms with Gasteiger partial charge in [-0.1, -0.05) is 6.07 Å². The smallest absolute Gasteiger partial charge is 0.321 e. The maximum absolute atomic E-state index is 11.9. The molecule has 86 valence electrons. The molecule has 0 bridgehead atoms. The first kappa shape index (κ1) is 10.8. The van der Waals surface area contributed by atoms with Gasteiger partial charge in [-0.15, -0.1) is 0 Å². The maximum atomic E-state index is 11.9. The number of hydrogen-bond acceptors (Lipinski definition) is 2. The molecule has 0 atom stereocenters. The Bertz CT molecular complexity index is 397. The lowest BCUT2D eigenvalue weighted by atomic mass is 10.2. The summed E-state index contributed by atoms with van der Waals surface area (Å²) in [6.07, 6.45) is 2.20. The van der Waals surface area contributed by atoms with Crippen molar-refractivity contribution in [2.75, 3.05) is 24.1 Å². The summed E-state index contributed by atoms with van der Waals surface area (Å²) in [5.41, 5.74) is 8.19. The first-order chi connectivity index (χ1) is 7.66. The number of amides is 2. The van der Waals surface area contributed by atoms with E-state index in [1.54, 1.807) is 6.07 Å². The Balaban J connectivity index is 2.07. The summed E-state index contributed by atoms with van der Waals surface area (Å²) in [6.45, 7) is 3.67. The highest BCUT2D eigenvalue weighted by atomic mass is 16.2. The largest absolute Gasteiger partial charge is 0.399 e. The van der Waals surface area contributed by atoms with Gasteiger partial charge < -0.3 is 16.0 Å². The highest BCUT2D eigenvalue weighted by molar-refractivity contribution is 5.90. The molecular weight excluding hydrogens is 202 g/mol. The lowest BCUT2D eigenvalue weighted by Gasteiger charge is -2.17. The van der Waals surface area contributed by atoms with Crippen LogP contribution in [0.15, 0.2) is 18.2 Å². The predicted octanol–water partition coefficient (Wildman–Crippen LogP) is 2.20. The number of carbonyl (C=O) groups is 1. The van der Waals surface area contributed by atoms with Gasteiger partial charge in [0.15, 0.2) is 0 Å². The van der Waals surface area contributed by atoms with Crippen molar-refractivity contribution in [3.8, 4) is 0 Å². The van der Waals surface area contributed by atoms with Crippen LogP contribution in [0.5, 0.6) is 0 Å². The van der Waals surface area contributed by atoms with E-state index in [-0.39, 0.29) is 6.03 Å². The van der Waals surface area contributed by atoms with Crippen LogP contribution in [0, 0.1) is 6.92 Å². The van der Waals surface area contributed by atoms with E-state index < -0.39 is 0 Å². The summed E-state index contributed by atoms with van der Waals surface area (Å²) in [7, 11) is 0. The van der Waals surface area contributed by atoms with Gasteiger partial charge in [-0.3, -0.25) is 0 Å². The zero-order valence-electron chi connectivity index (χ0n) is 9.49. The summed E-state index contributed by atoms with van der Waals surface area (Å²) in [5, 5.41) is 2.90. The minimum atomic E-state index is -0.0220. The summed E-state index contributed by atoms with van der Waals surface area (Å²) in [5.74, 6) is 0. The topological polar surface area (TPSA) is 58.4 Å². The van der Waals surface area contributed by atoms with Crippen LogP contribution in [0.25, 0.3) is 0 Å². The third-order valence-electron chi connectivity index (χ3n) is 2.90. The number of rotatable bonds is 1. The summed E-state index contributed by atoms with van der Waals surface area (Å²) in [6, 6.07) is 5.52. The van der Waals surface area contributed by atoms with E-state index in [1.165, 1.54) is 0 Å². The zero-order chi connectivity index (χ0) is 11.5. The number of nitrogens with two attached hydrogens (primary N) is 1. The number of anilines is 2. The van der Waals surface area contributed by atoms with E-state index in [2.05, 4.69) is 5.32 Å². The minimum absolute atomic E-state index is 0.0220. The SMILES string of the molecule is Cc1ccc(N)cc1NC(=O)N1CCCC1. The van der Waals surface area contributed by atoms with Gasteiger partial charge in [0.1, 0.15) is 0 Å². The van der Waals surface area contributed by atoms with Crippen LogP contribution < -0.4 is 11.1 Å². The molecule has 1 aromatic rings. The molecule has 3 N–H and O–H groups in total. The number of nitrogen functional groups attached to an aromatic ring is 1. The number of hydrogen-bond donors (Lipinski definition) is 2. The number of benzene rings is 1. The lowest BCUT2D eigenvalue weighted by Crippen LogP contribution is -2.32. The number of nitrogens with zero attached hydrogens (tertiary/aromatic N) is 1. The van der Waals surface area contributed by atoms with Crippen LogP contribution in [0.2, 0.25) is 0 Å². The number of likely N-dealkylation sites (tertiary alicyclic amines) is 1. The third kappa shape index (κ3) is 2.27. The van der Waals surface area contributed by atoms with Gasteiger partial charge in [-0.25, -0.2) is 4.79 Å². The highest BCUT2D eigenvalue weighted by Gasteiger charge is 2.18. The molecule has 0 aliphatic carbocycles. The van der Waals surface area contributed by atoms with E-state index in [4.69, 9.17) is 5.73 Å². The second-order valence-electron chi connectivity index (χ2n) is 4.20. The van der Waals surface area contributed by atoms with E-state index in [1.807, 2.05) is 24.0 Å². The fourth-order valence-electron chi connectivity index (χ4n) is 1.89. The normalized spacial score (nSPS) is 15.2. The predicted molar refractivity (Wildman–Crippen MR) is 65.4 cm³/mol. The van der Waals surface area contributed by atoms with Crippen LogP contribution in [-0.4, -0.2) is 24.0 Å². The van der Waals surface area contributed by atoms with Gasteiger partial charge in [0, 0.05) is 24.5 Å². The monoisotopic (exact) mass is 219 g/mol. The van der Waals surface area contributed by atoms with E-state index in [0.717, 1.165) is 37.2 Å². The zero-order valence-corrected chi connectivity index (χ0v) is 9.49. The molecule has 1 aliphatic heterocycles. The van der Waals surface area contributed by atoms with Gasteiger partial charge in [0.05, 0.1) is 0 Å². The van der Waals surface area contributed by atoms with E-state index >= 15 is 0 Å². The van der Waals surface area contributed by atoms with Crippen LogP contribution >= 0.6 is 0 Å². The van der Waals surface area contributed by atoms with E-state index in [9.17, 15) is 4.79 Å². The van der Waals surface area contributed by atoms with Crippen LogP contribution in [0.3, 0.4) is 0 Å². The summed E-state index contributed by atoms with van der Waals surface area (Å²) in [4.78, 5) is 13.7. The van der Waals surface area contributed by atoms with Crippen LogP contribution in [0.1, 0.15) is 18.4 Å². The van der Waals surface area contributed by atoms with E-state index in [0.29, 0.717) is 5.69 Å². The average molecular weight is 219 g/mol. The second-order valence-corrected chi connectivity index (χ2v) is 4.20. The van der Waals surface area contributed by atoms with Crippen molar-refractivity contribution in [3.05, 3.63) is 23.8 Å². The molecule has 0 aromatic heterocycles. The Labute approximate surface area is 95.4 Å². The van der Waals surface area contributed by atoms with Gasteiger partial charge in [0.2, 0.25) is 0 Å². The molecule has 1 heterocycles. The lowest BCUT2D eigenvalue weighted by molar-refractivity contribution is 0.222. The van der Waals surface area contributed by atoms with Crippen molar-refractivity contribution in [2.45, 2.75) is 19.8 Å². The van der Waals surface area contributed by atoms with Crippen LogP contribution in [0.4, 0.5) is 16.2 Å². The number of carbonyl (C=O) groups excluding carboxylic acids is 1. The molecule has 1 fully saturated rings. The molecule has 2 rings (SSSR count). The molecule has 1 aliphatic rings. The van der Waals surface area contributed by atoms with Gasteiger partial charge in [-0.05, 0) is 37.5 Å².